The molecule has 104 valence electrons. The number of carboxylic acid groups (broad SMARTS) is 1. The molecule has 0 fully saturated rings. The summed E-state index contributed by atoms with van der Waals surface area (Å²) in [5.41, 5.74) is -0.804. The molecule has 0 radical (unpaired) electrons. The highest BCUT2D eigenvalue weighted by Gasteiger charge is 2.27. The van der Waals surface area contributed by atoms with Gasteiger partial charge in [0.15, 0.2) is 0 Å². The topological polar surface area (TPSA) is 78.4 Å². The largest absolute Gasteiger partial charge is 0.481 e. The van der Waals surface area contributed by atoms with Crippen molar-refractivity contribution >= 4 is 33.6 Å². The molecule has 0 aliphatic heterocycles. The summed E-state index contributed by atoms with van der Waals surface area (Å²) in [5.74, 6) is -1.50. The van der Waals surface area contributed by atoms with Crippen LogP contribution in [0.1, 0.15) is 13.8 Å². The fraction of sp³-hybridized carbons (Fsp3) is 0.333. The lowest BCUT2D eigenvalue weighted by Gasteiger charge is -2.19. The van der Waals surface area contributed by atoms with Crippen LogP contribution in [0.4, 0.5) is 14.9 Å². The van der Waals surface area contributed by atoms with Gasteiger partial charge in [-0.15, -0.1) is 0 Å². The highest BCUT2D eigenvalue weighted by atomic mass is 79.9. The molecule has 0 aromatic heterocycles. The number of carbonyl (C=O) groups excluding carboxylic acids is 1. The quantitative estimate of drug-likeness (QED) is 0.793. The highest BCUT2D eigenvalue weighted by Crippen LogP contribution is 2.23. The smallest absolute Gasteiger partial charge is 0.319 e. The van der Waals surface area contributed by atoms with Crippen molar-refractivity contribution in [3.05, 3.63) is 28.5 Å². The number of aliphatic carboxylic acids is 1. The molecule has 1 aromatic rings. The van der Waals surface area contributed by atoms with Gasteiger partial charge in [-0.2, -0.15) is 0 Å². The van der Waals surface area contributed by atoms with Gasteiger partial charge in [-0.25, -0.2) is 9.18 Å². The zero-order valence-corrected chi connectivity index (χ0v) is 12.0. The Hall–Kier alpha value is -1.63. The first-order valence-electron chi connectivity index (χ1n) is 5.45. The predicted molar refractivity (Wildman–Crippen MR) is 72.5 cm³/mol. The Balaban J connectivity index is 2.61. The van der Waals surface area contributed by atoms with Crippen LogP contribution >= 0.6 is 15.9 Å². The number of carboxylic acids is 1. The number of rotatable bonds is 4. The van der Waals surface area contributed by atoms with E-state index in [0.717, 1.165) is 6.07 Å². The van der Waals surface area contributed by atoms with E-state index < -0.39 is 23.2 Å². The lowest BCUT2D eigenvalue weighted by molar-refractivity contribution is -0.146. The first kappa shape index (κ1) is 15.4. The van der Waals surface area contributed by atoms with Crippen LogP contribution in [0.15, 0.2) is 22.7 Å². The predicted octanol–water partition coefficient (Wildman–Crippen LogP) is 2.82. The Morgan fingerprint density at radius 1 is 1.42 bits per heavy atom. The van der Waals surface area contributed by atoms with E-state index in [9.17, 15) is 14.0 Å². The average Bonchev–Trinajstić information content (AvgIpc) is 2.31. The molecule has 0 bridgehead atoms. The first-order valence-corrected chi connectivity index (χ1v) is 6.25. The summed E-state index contributed by atoms with van der Waals surface area (Å²) < 4.78 is 13.5. The molecule has 1 rings (SSSR count). The Morgan fingerprint density at radius 2 is 2.05 bits per heavy atom. The van der Waals surface area contributed by atoms with Gasteiger partial charge in [-0.1, -0.05) is 0 Å². The lowest BCUT2D eigenvalue weighted by Crippen LogP contribution is -2.40. The van der Waals surface area contributed by atoms with Gasteiger partial charge in [0.1, 0.15) is 5.82 Å². The number of anilines is 1. The molecule has 0 aliphatic rings. The van der Waals surface area contributed by atoms with Gasteiger partial charge in [0.25, 0.3) is 0 Å². The van der Waals surface area contributed by atoms with E-state index in [1.807, 2.05) is 0 Å². The maximum atomic E-state index is 13.0. The first-order chi connectivity index (χ1) is 8.72. The van der Waals surface area contributed by atoms with Crippen molar-refractivity contribution in [2.24, 2.45) is 5.41 Å². The van der Waals surface area contributed by atoms with E-state index >= 15 is 0 Å². The minimum absolute atomic E-state index is 0.0406. The van der Waals surface area contributed by atoms with Crippen LogP contribution in [0, 0.1) is 11.2 Å². The molecule has 1 aromatic carbocycles. The Labute approximate surface area is 118 Å². The molecule has 0 heterocycles. The Kier molecular flexibility index (Phi) is 4.88. The van der Waals surface area contributed by atoms with Crippen LogP contribution in [-0.4, -0.2) is 23.7 Å². The van der Waals surface area contributed by atoms with E-state index in [4.69, 9.17) is 5.11 Å². The van der Waals surface area contributed by atoms with Crippen molar-refractivity contribution in [2.75, 3.05) is 11.9 Å². The van der Waals surface area contributed by atoms with Gasteiger partial charge in [-0.05, 0) is 48.0 Å². The summed E-state index contributed by atoms with van der Waals surface area (Å²) in [6.07, 6.45) is 0. The molecule has 0 saturated heterocycles. The van der Waals surface area contributed by atoms with Crippen LogP contribution < -0.4 is 10.6 Å². The summed E-state index contributed by atoms with van der Waals surface area (Å²) in [4.78, 5) is 22.4. The van der Waals surface area contributed by atoms with Gasteiger partial charge < -0.3 is 15.7 Å². The van der Waals surface area contributed by atoms with Crippen molar-refractivity contribution in [1.82, 2.24) is 5.32 Å². The van der Waals surface area contributed by atoms with Gasteiger partial charge in [0.05, 0.1) is 11.1 Å². The van der Waals surface area contributed by atoms with Crippen molar-refractivity contribution in [3.63, 3.8) is 0 Å². The third-order valence-corrected chi connectivity index (χ3v) is 3.14. The summed E-state index contributed by atoms with van der Waals surface area (Å²) in [6, 6.07) is 3.28. The van der Waals surface area contributed by atoms with Crippen LogP contribution in [0.25, 0.3) is 0 Å². The molecule has 0 saturated carbocycles. The minimum Gasteiger partial charge on any atom is -0.481 e. The third kappa shape index (κ3) is 4.51. The Bertz CT molecular complexity index is 506. The second kappa shape index (κ2) is 6.01. The monoisotopic (exact) mass is 332 g/mol. The number of hydrogen-bond acceptors (Lipinski definition) is 2. The van der Waals surface area contributed by atoms with Crippen LogP contribution in [0.2, 0.25) is 0 Å². The fourth-order valence-corrected chi connectivity index (χ4v) is 1.48. The van der Waals surface area contributed by atoms with E-state index in [2.05, 4.69) is 26.6 Å². The zero-order valence-electron chi connectivity index (χ0n) is 10.5. The number of hydrogen-bond donors (Lipinski definition) is 3. The molecule has 3 N–H and O–H groups in total. The molecular formula is C12H14BrFN2O3. The lowest BCUT2D eigenvalue weighted by atomic mass is 9.94. The molecule has 19 heavy (non-hydrogen) atoms. The van der Waals surface area contributed by atoms with Crippen LogP contribution in [-0.2, 0) is 4.79 Å². The van der Waals surface area contributed by atoms with E-state index in [1.54, 1.807) is 0 Å². The highest BCUT2D eigenvalue weighted by molar-refractivity contribution is 9.10. The molecular weight excluding hydrogens is 319 g/mol. The SMILES string of the molecule is CC(C)(CNC(=O)Nc1cc(F)ccc1Br)C(=O)O. The van der Waals surface area contributed by atoms with E-state index in [-0.39, 0.29) is 12.2 Å². The molecule has 0 atom stereocenters. The van der Waals surface area contributed by atoms with E-state index in [0.29, 0.717) is 4.47 Å². The van der Waals surface area contributed by atoms with Crippen molar-refractivity contribution in [2.45, 2.75) is 13.8 Å². The van der Waals surface area contributed by atoms with Gasteiger partial charge in [0.2, 0.25) is 0 Å². The van der Waals surface area contributed by atoms with Gasteiger partial charge >= 0.3 is 12.0 Å². The second-order valence-electron chi connectivity index (χ2n) is 4.62. The molecule has 2 amide bonds. The number of benzene rings is 1. The summed E-state index contributed by atoms with van der Waals surface area (Å²) in [7, 11) is 0. The summed E-state index contributed by atoms with van der Waals surface area (Å²) in [5, 5.41) is 13.8. The normalized spacial score (nSPS) is 10.9. The Morgan fingerprint density at radius 3 is 2.63 bits per heavy atom. The number of nitrogens with one attached hydrogen (secondary N) is 2. The van der Waals surface area contributed by atoms with Gasteiger partial charge in [0, 0.05) is 11.0 Å². The number of carbonyl (C=O) groups is 2. The number of urea groups is 1. The van der Waals surface area contributed by atoms with Gasteiger partial charge in [-0.3, -0.25) is 4.79 Å². The number of halogens is 2. The third-order valence-electron chi connectivity index (χ3n) is 2.45. The molecule has 7 heteroatoms. The van der Waals surface area contributed by atoms with Crippen LogP contribution in [0.5, 0.6) is 0 Å². The second-order valence-corrected chi connectivity index (χ2v) is 5.48. The molecule has 0 spiro atoms. The van der Waals surface area contributed by atoms with Crippen molar-refractivity contribution in [1.29, 1.82) is 0 Å². The maximum absolute atomic E-state index is 13.0. The molecule has 5 nitrogen and oxygen atoms in total. The fourth-order valence-electron chi connectivity index (χ4n) is 1.14. The minimum atomic E-state index is -1.07. The molecule has 0 aliphatic carbocycles. The van der Waals surface area contributed by atoms with Crippen molar-refractivity contribution in [3.8, 4) is 0 Å². The van der Waals surface area contributed by atoms with Crippen LogP contribution in [0.3, 0.4) is 0 Å². The zero-order chi connectivity index (χ0) is 14.6. The van der Waals surface area contributed by atoms with Crippen molar-refractivity contribution < 1.29 is 19.1 Å². The van der Waals surface area contributed by atoms with E-state index in [1.165, 1.54) is 26.0 Å². The summed E-state index contributed by atoms with van der Waals surface area (Å²) >= 11 is 3.17. The maximum Gasteiger partial charge on any atom is 0.319 e. The number of amides is 2. The average molecular weight is 333 g/mol. The summed E-state index contributed by atoms with van der Waals surface area (Å²) in [6.45, 7) is 2.95. The standard InChI is InChI=1S/C12H14BrFN2O3/c1-12(2,10(17)18)6-15-11(19)16-9-5-7(14)3-4-8(9)13/h3-5H,6H2,1-2H3,(H,17,18)(H2,15,16,19). The molecule has 0 unspecified atom stereocenters.